The summed E-state index contributed by atoms with van der Waals surface area (Å²) in [5.41, 5.74) is 0. The third kappa shape index (κ3) is 6.66. The summed E-state index contributed by atoms with van der Waals surface area (Å²) in [6.07, 6.45) is 1.51. The molecule has 6 heteroatoms. The second-order valence-corrected chi connectivity index (χ2v) is 3.94. The Labute approximate surface area is 106 Å². The molecule has 18 heavy (non-hydrogen) atoms. The molecule has 0 radical (unpaired) electrons. The third-order valence-corrected chi connectivity index (χ3v) is 2.28. The van der Waals surface area contributed by atoms with Crippen LogP contribution in [0.25, 0.3) is 0 Å². The Morgan fingerprint density at radius 2 is 2.22 bits per heavy atom. The van der Waals surface area contributed by atoms with Gasteiger partial charge in [0.1, 0.15) is 12.4 Å². The van der Waals surface area contributed by atoms with Crippen molar-refractivity contribution in [3.8, 4) is 0 Å². The summed E-state index contributed by atoms with van der Waals surface area (Å²) < 4.78 is 33.8. The van der Waals surface area contributed by atoms with Gasteiger partial charge in [-0.1, -0.05) is 6.92 Å². The smallest absolute Gasteiger partial charge is 0.261 e. The Hall–Kier alpha value is -1.01. The van der Waals surface area contributed by atoms with E-state index in [4.69, 9.17) is 9.15 Å². The summed E-state index contributed by atoms with van der Waals surface area (Å²) in [6, 6.07) is 0. The Morgan fingerprint density at radius 3 is 2.94 bits per heavy atom. The lowest BCUT2D eigenvalue weighted by atomic mass is 10.4. The Kier molecular flexibility index (Phi) is 7.52. The molecular weight excluding hydrogens is 242 g/mol. The van der Waals surface area contributed by atoms with Gasteiger partial charge in [0, 0.05) is 19.4 Å². The highest BCUT2D eigenvalue weighted by Gasteiger charge is 2.05. The SMILES string of the molecule is CCCNCCc1ncc(CCOCC(F)F)o1. The van der Waals surface area contributed by atoms with Crippen LogP contribution < -0.4 is 5.32 Å². The Bertz CT molecular complexity index is 319. The van der Waals surface area contributed by atoms with Crippen LogP contribution in [-0.2, 0) is 17.6 Å². The molecule has 1 rings (SSSR count). The molecule has 0 saturated heterocycles. The highest BCUT2D eigenvalue weighted by Crippen LogP contribution is 2.05. The maximum absolute atomic E-state index is 11.8. The van der Waals surface area contributed by atoms with Crippen molar-refractivity contribution in [1.82, 2.24) is 10.3 Å². The van der Waals surface area contributed by atoms with Gasteiger partial charge in [0.2, 0.25) is 0 Å². The van der Waals surface area contributed by atoms with Gasteiger partial charge in [0.25, 0.3) is 6.43 Å². The first-order chi connectivity index (χ1) is 8.72. The van der Waals surface area contributed by atoms with Crippen molar-refractivity contribution in [2.45, 2.75) is 32.6 Å². The lowest BCUT2D eigenvalue weighted by molar-refractivity contribution is 0.0176. The molecule has 1 aromatic rings. The van der Waals surface area contributed by atoms with Crippen LogP contribution in [0.15, 0.2) is 10.6 Å². The van der Waals surface area contributed by atoms with Crippen LogP contribution in [-0.4, -0.2) is 37.7 Å². The maximum Gasteiger partial charge on any atom is 0.261 e. The third-order valence-electron chi connectivity index (χ3n) is 2.28. The molecule has 0 bridgehead atoms. The minimum Gasteiger partial charge on any atom is -0.446 e. The molecule has 0 aliphatic heterocycles. The monoisotopic (exact) mass is 262 g/mol. The van der Waals surface area contributed by atoms with E-state index in [1.54, 1.807) is 6.20 Å². The maximum atomic E-state index is 11.8. The predicted molar refractivity (Wildman–Crippen MR) is 63.9 cm³/mol. The fourth-order valence-corrected chi connectivity index (χ4v) is 1.42. The minimum atomic E-state index is -2.42. The van der Waals surface area contributed by atoms with E-state index in [-0.39, 0.29) is 6.61 Å². The zero-order valence-electron chi connectivity index (χ0n) is 10.6. The number of oxazole rings is 1. The van der Waals surface area contributed by atoms with E-state index >= 15 is 0 Å². The summed E-state index contributed by atoms with van der Waals surface area (Å²) in [4.78, 5) is 4.12. The molecule has 0 spiro atoms. The number of halogens is 2. The topological polar surface area (TPSA) is 47.3 Å². The van der Waals surface area contributed by atoms with E-state index < -0.39 is 13.0 Å². The molecule has 0 unspecified atom stereocenters. The van der Waals surface area contributed by atoms with E-state index in [2.05, 4.69) is 17.2 Å². The fraction of sp³-hybridized carbons (Fsp3) is 0.750. The number of alkyl halides is 2. The molecule has 104 valence electrons. The quantitative estimate of drug-likeness (QED) is 0.655. The van der Waals surface area contributed by atoms with Crippen LogP contribution in [0.5, 0.6) is 0 Å². The van der Waals surface area contributed by atoms with Gasteiger partial charge in [-0.3, -0.25) is 0 Å². The van der Waals surface area contributed by atoms with Crippen molar-refractivity contribution >= 4 is 0 Å². The van der Waals surface area contributed by atoms with Gasteiger partial charge in [0.05, 0.1) is 12.8 Å². The van der Waals surface area contributed by atoms with E-state index in [1.807, 2.05) is 0 Å². The van der Waals surface area contributed by atoms with Crippen molar-refractivity contribution < 1.29 is 17.9 Å². The summed E-state index contributed by atoms with van der Waals surface area (Å²) in [6.45, 7) is 3.62. The molecule has 4 nitrogen and oxygen atoms in total. The normalized spacial score (nSPS) is 11.3. The minimum absolute atomic E-state index is 0.229. The molecular formula is C12H20F2N2O2. The van der Waals surface area contributed by atoms with Crippen LogP contribution >= 0.6 is 0 Å². The van der Waals surface area contributed by atoms with Gasteiger partial charge >= 0.3 is 0 Å². The first-order valence-electron chi connectivity index (χ1n) is 6.22. The van der Waals surface area contributed by atoms with Gasteiger partial charge in [-0.15, -0.1) is 0 Å². The zero-order chi connectivity index (χ0) is 13.2. The lowest BCUT2D eigenvalue weighted by Crippen LogP contribution is -2.17. The van der Waals surface area contributed by atoms with Gasteiger partial charge in [-0.2, -0.15) is 0 Å². The molecule has 0 amide bonds. The van der Waals surface area contributed by atoms with E-state index in [1.165, 1.54) is 0 Å². The number of rotatable bonds is 10. The highest BCUT2D eigenvalue weighted by molar-refractivity contribution is 4.94. The first-order valence-corrected chi connectivity index (χ1v) is 6.22. The van der Waals surface area contributed by atoms with E-state index in [9.17, 15) is 8.78 Å². The molecule has 1 heterocycles. The molecule has 0 aliphatic carbocycles. The fourth-order valence-electron chi connectivity index (χ4n) is 1.42. The first kappa shape index (κ1) is 15.0. The standard InChI is InChI=1S/C12H20F2N2O2/c1-2-5-15-6-3-12-16-8-10(18-12)4-7-17-9-11(13)14/h8,11,15H,2-7,9H2,1H3. The van der Waals surface area contributed by atoms with Crippen molar-refractivity contribution in [3.05, 3.63) is 17.8 Å². The van der Waals surface area contributed by atoms with Gasteiger partial charge in [0.15, 0.2) is 5.89 Å². The summed E-state index contributed by atoms with van der Waals surface area (Å²) in [7, 11) is 0. The molecule has 1 N–H and O–H groups in total. The summed E-state index contributed by atoms with van der Waals surface area (Å²) >= 11 is 0. The highest BCUT2D eigenvalue weighted by atomic mass is 19.3. The second kappa shape index (κ2) is 8.99. The van der Waals surface area contributed by atoms with Gasteiger partial charge in [-0.25, -0.2) is 13.8 Å². The number of ether oxygens (including phenoxy) is 1. The average Bonchev–Trinajstić information content (AvgIpc) is 2.78. The van der Waals surface area contributed by atoms with Crippen molar-refractivity contribution in [3.63, 3.8) is 0 Å². The molecule has 1 aromatic heterocycles. The second-order valence-electron chi connectivity index (χ2n) is 3.94. The zero-order valence-corrected chi connectivity index (χ0v) is 10.6. The van der Waals surface area contributed by atoms with Crippen LogP contribution in [0.4, 0.5) is 8.78 Å². The summed E-state index contributed by atoms with van der Waals surface area (Å²) in [5.74, 6) is 1.34. The molecule has 0 aliphatic rings. The van der Waals surface area contributed by atoms with Crippen molar-refractivity contribution in [1.29, 1.82) is 0 Å². The van der Waals surface area contributed by atoms with Crippen molar-refractivity contribution in [2.24, 2.45) is 0 Å². The number of nitrogens with one attached hydrogen (secondary N) is 1. The van der Waals surface area contributed by atoms with Crippen molar-refractivity contribution in [2.75, 3.05) is 26.3 Å². The average molecular weight is 262 g/mol. The number of hydrogen-bond donors (Lipinski definition) is 1. The van der Waals surface area contributed by atoms with Crippen LogP contribution in [0.1, 0.15) is 25.0 Å². The van der Waals surface area contributed by atoms with Crippen LogP contribution in [0.2, 0.25) is 0 Å². The molecule has 0 atom stereocenters. The number of nitrogens with zero attached hydrogens (tertiary/aromatic N) is 1. The molecule has 0 aromatic carbocycles. The Morgan fingerprint density at radius 1 is 1.39 bits per heavy atom. The number of hydrogen-bond acceptors (Lipinski definition) is 4. The van der Waals surface area contributed by atoms with Crippen LogP contribution in [0, 0.1) is 0 Å². The molecule has 0 saturated carbocycles. The number of aromatic nitrogens is 1. The lowest BCUT2D eigenvalue weighted by Gasteiger charge is -2.01. The van der Waals surface area contributed by atoms with Gasteiger partial charge < -0.3 is 14.5 Å². The molecule has 0 fully saturated rings. The van der Waals surface area contributed by atoms with E-state index in [0.717, 1.165) is 25.9 Å². The van der Waals surface area contributed by atoms with Crippen LogP contribution in [0.3, 0.4) is 0 Å². The largest absolute Gasteiger partial charge is 0.446 e. The predicted octanol–water partition coefficient (Wildman–Crippen LogP) is 2.04. The summed E-state index contributed by atoms with van der Waals surface area (Å²) in [5, 5.41) is 3.25. The van der Waals surface area contributed by atoms with E-state index in [0.29, 0.717) is 18.1 Å². The van der Waals surface area contributed by atoms with Gasteiger partial charge in [-0.05, 0) is 13.0 Å². The Balaban J connectivity index is 2.13.